The van der Waals surface area contributed by atoms with E-state index in [-0.39, 0.29) is 11.7 Å². The van der Waals surface area contributed by atoms with Crippen LogP contribution in [0.5, 0.6) is 0 Å². The van der Waals surface area contributed by atoms with Crippen LogP contribution in [0.3, 0.4) is 0 Å². The van der Waals surface area contributed by atoms with Crippen molar-refractivity contribution in [2.45, 2.75) is 36.7 Å². The zero-order chi connectivity index (χ0) is 15.6. The van der Waals surface area contributed by atoms with Crippen LogP contribution in [0.15, 0.2) is 18.2 Å². The largest absolute Gasteiger partial charge is 0.423 e. The molecule has 2 rings (SSSR count). The minimum atomic E-state index is -4.74. The van der Waals surface area contributed by atoms with Crippen LogP contribution in [0.25, 0.3) is 0 Å². The highest BCUT2D eigenvalue weighted by molar-refractivity contribution is 7.99. The second-order valence-electron chi connectivity index (χ2n) is 5.00. The third kappa shape index (κ3) is 3.81. The number of hydrogen-bond donors (Lipinski definition) is 1. The van der Waals surface area contributed by atoms with Gasteiger partial charge in [0.15, 0.2) is 0 Å². The Morgan fingerprint density at radius 3 is 2.62 bits per heavy atom. The molecule has 0 amide bonds. The Morgan fingerprint density at radius 1 is 1.38 bits per heavy atom. The van der Waals surface area contributed by atoms with Gasteiger partial charge in [-0.15, -0.1) is 0 Å². The Bertz CT molecular complexity index is 537. The average Bonchev–Trinajstić information content (AvgIpc) is 2.85. The summed E-state index contributed by atoms with van der Waals surface area (Å²) in [7, 11) is 0. The fourth-order valence-corrected chi connectivity index (χ4v) is 3.33. The van der Waals surface area contributed by atoms with E-state index in [0.29, 0.717) is 5.25 Å². The maximum atomic E-state index is 12.9. The second kappa shape index (κ2) is 6.13. The highest BCUT2D eigenvalue weighted by Crippen LogP contribution is 2.38. The van der Waals surface area contributed by atoms with Crippen molar-refractivity contribution in [1.29, 1.82) is 0 Å². The molecule has 0 spiro atoms. The molecule has 1 aromatic carbocycles. The molecule has 0 aromatic heterocycles. The highest BCUT2D eigenvalue weighted by atomic mass is 32.2. The van der Waals surface area contributed by atoms with Crippen LogP contribution in [0.1, 0.15) is 24.8 Å². The van der Waals surface area contributed by atoms with E-state index in [2.05, 4.69) is 5.32 Å². The molecule has 4 nitrogen and oxygen atoms in total. The normalized spacial score (nSPS) is 22.3. The van der Waals surface area contributed by atoms with Crippen molar-refractivity contribution in [3.8, 4) is 0 Å². The quantitative estimate of drug-likeness (QED) is 0.663. The van der Waals surface area contributed by atoms with Gasteiger partial charge in [-0.05, 0) is 37.7 Å². The van der Waals surface area contributed by atoms with Crippen LogP contribution in [0.2, 0.25) is 0 Å². The Kier molecular flexibility index (Phi) is 4.65. The van der Waals surface area contributed by atoms with Crippen molar-refractivity contribution in [1.82, 2.24) is 0 Å². The van der Waals surface area contributed by atoms with Gasteiger partial charge in [-0.1, -0.05) is 0 Å². The lowest BCUT2D eigenvalue weighted by Gasteiger charge is -2.16. The van der Waals surface area contributed by atoms with Crippen LogP contribution < -0.4 is 5.32 Å². The molecule has 1 aliphatic rings. The van der Waals surface area contributed by atoms with E-state index in [4.69, 9.17) is 0 Å². The monoisotopic (exact) mass is 320 g/mol. The minimum Gasteiger partial charge on any atom is -0.382 e. The Balaban J connectivity index is 2.20. The number of halogens is 3. The molecule has 0 bridgehead atoms. The standard InChI is InChI=1S/C13H15F3N2O2S/c1-21-10-4-2-8(6-10)17-9-3-5-12(18(19)20)11(7-9)13(14,15)16/h3,5,7-8,10,17H,2,4,6H2,1H3. The molecule has 0 radical (unpaired) electrons. The molecule has 1 aromatic rings. The molecule has 2 atom stereocenters. The molecule has 1 N–H and O–H groups in total. The van der Waals surface area contributed by atoms with Gasteiger partial charge >= 0.3 is 6.18 Å². The summed E-state index contributed by atoms with van der Waals surface area (Å²) in [6.45, 7) is 0. The number of thioether (sulfide) groups is 1. The van der Waals surface area contributed by atoms with Crippen molar-refractivity contribution in [2.24, 2.45) is 0 Å². The molecule has 0 saturated heterocycles. The van der Waals surface area contributed by atoms with Gasteiger partial charge in [0.05, 0.1) is 4.92 Å². The Morgan fingerprint density at radius 2 is 2.10 bits per heavy atom. The molecule has 0 aliphatic heterocycles. The summed E-state index contributed by atoms with van der Waals surface area (Å²) in [4.78, 5) is 9.68. The van der Waals surface area contributed by atoms with Crippen molar-refractivity contribution in [3.63, 3.8) is 0 Å². The molecule has 116 valence electrons. The Labute approximate surface area is 124 Å². The predicted molar refractivity (Wildman–Crippen MR) is 76.7 cm³/mol. The van der Waals surface area contributed by atoms with Gasteiger partial charge < -0.3 is 5.32 Å². The van der Waals surface area contributed by atoms with Gasteiger partial charge in [-0.3, -0.25) is 10.1 Å². The van der Waals surface area contributed by atoms with Crippen LogP contribution in [0.4, 0.5) is 24.5 Å². The maximum Gasteiger partial charge on any atom is 0.423 e. The summed E-state index contributed by atoms with van der Waals surface area (Å²) in [6, 6.07) is 3.18. The number of anilines is 1. The number of rotatable bonds is 4. The fourth-order valence-electron chi connectivity index (χ4n) is 2.53. The van der Waals surface area contributed by atoms with Crippen molar-refractivity contribution < 1.29 is 18.1 Å². The van der Waals surface area contributed by atoms with Crippen LogP contribution >= 0.6 is 11.8 Å². The molecule has 0 heterocycles. The molecule has 1 saturated carbocycles. The first-order valence-electron chi connectivity index (χ1n) is 6.46. The zero-order valence-electron chi connectivity index (χ0n) is 11.3. The van der Waals surface area contributed by atoms with E-state index in [1.54, 1.807) is 11.8 Å². The van der Waals surface area contributed by atoms with Crippen molar-refractivity contribution >= 4 is 23.1 Å². The third-order valence-corrected chi connectivity index (χ3v) is 4.68. The lowest BCUT2D eigenvalue weighted by atomic mass is 10.1. The van der Waals surface area contributed by atoms with E-state index >= 15 is 0 Å². The lowest BCUT2D eigenvalue weighted by Crippen LogP contribution is -2.17. The van der Waals surface area contributed by atoms with Crippen LogP contribution in [-0.2, 0) is 6.18 Å². The first kappa shape index (κ1) is 15.9. The SMILES string of the molecule is CSC1CCC(Nc2ccc([N+](=O)[O-])c(C(F)(F)F)c2)C1. The van der Waals surface area contributed by atoms with Gasteiger partial charge in [0.2, 0.25) is 0 Å². The highest BCUT2D eigenvalue weighted by Gasteiger charge is 2.38. The van der Waals surface area contributed by atoms with Crippen molar-refractivity contribution in [2.75, 3.05) is 11.6 Å². The van der Waals surface area contributed by atoms with E-state index < -0.39 is 22.4 Å². The minimum absolute atomic E-state index is 0.116. The Hall–Kier alpha value is -1.44. The molecule has 1 fully saturated rings. The van der Waals surface area contributed by atoms with Crippen LogP contribution in [-0.4, -0.2) is 22.5 Å². The van der Waals surface area contributed by atoms with Gasteiger partial charge in [0.1, 0.15) is 5.56 Å². The smallest absolute Gasteiger partial charge is 0.382 e. The molecular formula is C13H15F3N2O2S. The number of benzene rings is 1. The fraction of sp³-hybridized carbons (Fsp3) is 0.538. The lowest BCUT2D eigenvalue weighted by molar-refractivity contribution is -0.388. The summed E-state index contributed by atoms with van der Waals surface area (Å²) in [5.74, 6) is 0. The van der Waals surface area contributed by atoms with E-state index in [0.717, 1.165) is 31.4 Å². The van der Waals surface area contributed by atoms with Gasteiger partial charge in [0, 0.05) is 23.0 Å². The van der Waals surface area contributed by atoms with Crippen molar-refractivity contribution in [3.05, 3.63) is 33.9 Å². The second-order valence-corrected chi connectivity index (χ2v) is 6.14. The first-order chi connectivity index (χ1) is 9.81. The summed E-state index contributed by atoms with van der Waals surface area (Å²) in [6.07, 6.45) is 0.0829. The number of nitrogens with zero attached hydrogens (tertiary/aromatic N) is 1. The third-order valence-electron chi connectivity index (χ3n) is 3.59. The predicted octanol–water partition coefficient (Wildman–Crippen LogP) is 4.31. The number of nitro groups is 1. The zero-order valence-corrected chi connectivity index (χ0v) is 12.1. The molecule has 1 aliphatic carbocycles. The maximum absolute atomic E-state index is 12.9. The first-order valence-corrected chi connectivity index (χ1v) is 7.75. The summed E-state index contributed by atoms with van der Waals surface area (Å²) < 4.78 is 38.7. The molecule has 8 heteroatoms. The summed E-state index contributed by atoms with van der Waals surface area (Å²) >= 11 is 1.75. The number of hydrogen-bond acceptors (Lipinski definition) is 4. The van der Waals surface area contributed by atoms with E-state index in [1.165, 1.54) is 6.07 Å². The van der Waals surface area contributed by atoms with Gasteiger partial charge in [-0.25, -0.2) is 0 Å². The molecule has 21 heavy (non-hydrogen) atoms. The van der Waals surface area contributed by atoms with Gasteiger partial charge in [-0.2, -0.15) is 24.9 Å². The van der Waals surface area contributed by atoms with E-state index in [9.17, 15) is 23.3 Å². The average molecular weight is 320 g/mol. The number of nitro benzene ring substituents is 1. The molecular weight excluding hydrogens is 305 g/mol. The summed E-state index contributed by atoms with van der Waals surface area (Å²) in [5, 5.41) is 14.3. The van der Waals surface area contributed by atoms with Gasteiger partial charge in [0.25, 0.3) is 5.69 Å². The van der Waals surface area contributed by atoms with Crippen LogP contribution in [0, 0.1) is 10.1 Å². The molecule has 2 unspecified atom stereocenters. The number of alkyl halides is 3. The topological polar surface area (TPSA) is 55.2 Å². The number of nitrogens with one attached hydrogen (secondary N) is 1. The summed E-state index contributed by atoms with van der Waals surface area (Å²) in [5.41, 5.74) is -1.85. The van der Waals surface area contributed by atoms with E-state index in [1.807, 2.05) is 6.26 Å².